The fourth-order valence-corrected chi connectivity index (χ4v) is 3.46. The molecule has 1 saturated heterocycles. The van der Waals surface area contributed by atoms with Crippen molar-refractivity contribution in [3.63, 3.8) is 0 Å². The largest absolute Gasteiger partial charge is 0.466 e. The number of nitrogens with one attached hydrogen (secondary N) is 3. The van der Waals surface area contributed by atoms with Crippen LogP contribution in [0.25, 0.3) is 0 Å². The summed E-state index contributed by atoms with van der Waals surface area (Å²) in [5.41, 5.74) is 0. The van der Waals surface area contributed by atoms with Gasteiger partial charge < -0.3 is 15.0 Å². The van der Waals surface area contributed by atoms with E-state index in [4.69, 9.17) is 4.74 Å². The minimum atomic E-state index is -0.403. The molecule has 3 N–H and O–H groups in total. The number of likely N-dealkylation sites (tertiary alicyclic amines) is 1. The smallest absolute Gasteiger partial charge is 0.321 e. The van der Waals surface area contributed by atoms with Gasteiger partial charge in [0.25, 0.3) is 5.91 Å². The predicted molar refractivity (Wildman–Crippen MR) is 83.9 cm³/mol. The first-order valence-corrected chi connectivity index (χ1v) is 8.69. The van der Waals surface area contributed by atoms with Crippen molar-refractivity contribution in [3.05, 3.63) is 0 Å². The molecule has 0 aromatic heterocycles. The molecule has 1 aliphatic heterocycles. The molecule has 1 aliphatic carbocycles. The van der Waals surface area contributed by atoms with Crippen molar-refractivity contribution in [1.82, 2.24) is 10.6 Å². The molecule has 0 aromatic carbocycles. The summed E-state index contributed by atoms with van der Waals surface area (Å²) in [6.45, 7) is 3.83. The van der Waals surface area contributed by atoms with E-state index in [0.717, 1.165) is 50.0 Å². The Hall–Kier alpha value is -1.63. The summed E-state index contributed by atoms with van der Waals surface area (Å²) in [7, 11) is 0. The number of carbonyl (C=O) groups excluding carboxylic acids is 3. The summed E-state index contributed by atoms with van der Waals surface area (Å²) >= 11 is 0. The number of piperidine rings is 1. The van der Waals surface area contributed by atoms with Gasteiger partial charge >= 0.3 is 12.0 Å². The lowest BCUT2D eigenvalue weighted by Gasteiger charge is -2.28. The third kappa shape index (κ3) is 5.82. The Balaban J connectivity index is 1.71. The Kier molecular flexibility index (Phi) is 6.83. The SMILES string of the molecule is CCOC(=O)[C@@H]1CCC[NH+](CC(=O)NC(=O)NC2CCCC2)C1. The first kappa shape index (κ1) is 17.7. The summed E-state index contributed by atoms with van der Waals surface area (Å²) in [6.07, 6.45) is 5.94. The van der Waals surface area contributed by atoms with E-state index in [1.54, 1.807) is 6.92 Å². The quantitative estimate of drug-likeness (QED) is 0.601. The molecule has 0 spiro atoms. The standard InChI is InChI=1S/C16H27N3O4/c1-2-23-15(21)12-6-5-9-19(10-12)11-14(20)18-16(22)17-13-7-3-4-8-13/h12-13H,2-11H2,1H3,(H2,17,18,20,22)/p+1/t12-/m1/s1. The van der Waals surface area contributed by atoms with Gasteiger partial charge in [-0.3, -0.25) is 14.9 Å². The number of hydrogen-bond donors (Lipinski definition) is 3. The van der Waals surface area contributed by atoms with Crippen LogP contribution in [0, 0.1) is 5.92 Å². The molecule has 1 unspecified atom stereocenters. The first-order valence-electron chi connectivity index (χ1n) is 8.69. The molecule has 0 radical (unpaired) electrons. The Morgan fingerprint density at radius 1 is 1.13 bits per heavy atom. The Labute approximate surface area is 137 Å². The van der Waals surface area contributed by atoms with E-state index in [9.17, 15) is 14.4 Å². The van der Waals surface area contributed by atoms with Gasteiger partial charge in [-0.15, -0.1) is 0 Å². The highest BCUT2D eigenvalue weighted by Crippen LogP contribution is 2.17. The van der Waals surface area contributed by atoms with Gasteiger partial charge in [-0.2, -0.15) is 0 Å². The molecule has 7 nitrogen and oxygen atoms in total. The van der Waals surface area contributed by atoms with Gasteiger partial charge in [0, 0.05) is 6.04 Å². The molecule has 23 heavy (non-hydrogen) atoms. The average Bonchev–Trinajstić information content (AvgIpc) is 3.00. The molecule has 1 heterocycles. The van der Waals surface area contributed by atoms with Gasteiger partial charge in [0.2, 0.25) is 0 Å². The van der Waals surface area contributed by atoms with Gasteiger partial charge in [0.1, 0.15) is 5.92 Å². The fourth-order valence-electron chi connectivity index (χ4n) is 3.46. The molecule has 0 aromatic rings. The summed E-state index contributed by atoms with van der Waals surface area (Å²) in [5, 5.41) is 5.23. The topological polar surface area (TPSA) is 88.9 Å². The van der Waals surface area contributed by atoms with Gasteiger partial charge in [-0.05, 0) is 32.6 Å². The van der Waals surface area contributed by atoms with E-state index < -0.39 is 6.03 Å². The third-order valence-corrected chi connectivity index (χ3v) is 4.59. The van der Waals surface area contributed by atoms with Crippen LogP contribution in [0.5, 0.6) is 0 Å². The molecule has 7 heteroatoms. The fraction of sp³-hybridized carbons (Fsp3) is 0.812. The number of rotatable bonds is 5. The summed E-state index contributed by atoms with van der Waals surface area (Å²) in [4.78, 5) is 36.6. The van der Waals surface area contributed by atoms with Crippen molar-refractivity contribution in [2.45, 2.75) is 51.5 Å². The lowest BCUT2D eigenvalue weighted by Crippen LogP contribution is -3.15. The minimum Gasteiger partial charge on any atom is -0.466 e. The van der Waals surface area contributed by atoms with Crippen LogP contribution in [0.15, 0.2) is 0 Å². The zero-order valence-corrected chi connectivity index (χ0v) is 13.9. The zero-order valence-electron chi connectivity index (χ0n) is 13.9. The molecule has 2 fully saturated rings. The second-order valence-electron chi connectivity index (χ2n) is 6.48. The van der Waals surface area contributed by atoms with Crippen LogP contribution in [-0.2, 0) is 14.3 Å². The van der Waals surface area contributed by atoms with Crippen LogP contribution < -0.4 is 15.5 Å². The van der Waals surface area contributed by atoms with Gasteiger partial charge in [-0.1, -0.05) is 12.8 Å². The van der Waals surface area contributed by atoms with Crippen molar-refractivity contribution < 1.29 is 24.0 Å². The van der Waals surface area contributed by atoms with Crippen LogP contribution in [0.3, 0.4) is 0 Å². The number of carbonyl (C=O) groups is 3. The monoisotopic (exact) mass is 326 g/mol. The van der Waals surface area contributed by atoms with E-state index in [2.05, 4.69) is 10.6 Å². The minimum absolute atomic E-state index is 0.140. The van der Waals surface area contributed by atoms with E-state index in [1.807, 2.05) is 0 Å². The Morgan fingerprint density at radius 3 is 2.57 bits per heavy atom. The predicted octanol–water partition coefficient (Wildman–Crippen LogP) is -0.387. The first-order chi connectivity index (χ1) is 11.1. The molecule has 2 atom stereocenters. The Bertz CT molecular complexity index is 435. The number of amides is 3. The third-order valence-electron chi connectivity index (χ3n) is 4.59. The molecule has 2 aliphatic rings. The highest BCUT2D eigenvalue weighted by molar-refractivity contribution is 5.94. The van der Waals surface area contributed by atoms with E-state index in [0.29, 0.717) is 13.2 Å². The molecule has 3 amide bonds. The molecule has 130 valence electrons. The number of imide groups is 1. The number of esters is 1. The van der Waals surface area contributed by atoms with Crippen molar-refractivity contribution in [1.29, 1.82) is 0 Å². The number of ether oxygens (including phenoxy) is 1. The van der Waals surface area contributed by atoms with Crippen molar-refractivity contribution in [2.24, 2.45) is 5.92 Å². The van der Waals surface area contributed by atoms with Crippen molar-refractivity contribution in [3.8, 4) is 0 Å². The van der Waals surface area contributed by atoms with Crippen LogP contribution in [-0.4, -0.2) is 50.2 Å². The van der Waals surface area contributed by atoms with Crippen molar-refractivity contribution in [2.75, 3.05) is 26.2 Å². The second kappa shape index (κ2) is 8.86. The summed E-state index contributed by atoms with van der Waals surface area (Å²) < 4.78 is 5.06. The Morgan fingerprint density at radius 2 is 1.87 bits per heavy atom. The van der Waals surface area contributed by atoms with Crippen LogP contribution in [0.1, 0.15) is 45.4 Å². The second-order valence-corrected chi connectivity index (χ2v) is 6.48. The maximum atomic E-state index is 12.0. The van der Waals surface area contributed by atoms with Gasteiger partial charge in [-0.25, -0.2) is 4.79 Å². The number of quaternary nitrogens is 1. The van der Waals surface area contributed by atoms with E-state index in [-0.39, 0.29) is 30.4 Å². The van der Waals surface area contributed by atoms with Gasteiger partial charge in [0.15, 0.2) is 6.54 Å². The highest BCUT2D eigenvalue weighted by Gasteiger charge is 2.31. The molecular weight excluding hydrogens is 298 g/mol. The normalized spacial score (nSPS) is 24.9. The zero-order chi connectivity index (χ0) is 16.7. The summed E-state index contributed by atoms with van der Waals surface area (Å²) in [5.74, 6) is -0.608. The van der Waals surface area contributed by atoms with Crippen LogP contribution >= 0.6 is 0 Å². The highest BCUT2D eigenvalue weighted by atomic mass is 16.5. The average molecular weight is 326 g/mol. The van der Waals surface area contributed by atoms with Crippen molar-refractivity contribution >= 4 is 17.9 Å². The lowest BCUT2D eigenvalue weighted by atomic mass is 9.98. The molecular formula is C16H28N3O4+. The number of urea groups is 1. The maximum absolute atomic E-state index is 12.0. The van der Waals surface area contributed by atoms with E-state index in [1.165, 1.54) is 0 Å². The molecule has 2 rings (SSSR count). The molecule has 0 bridgehead atoms. The van der Waals surface area contributed by atoms with Crippen LogP contribution in [0.2, 0.25) is 0 Å². The lowest BCUT2D eigenvalue weighted by molar-refractivity contribution is -0.899. The molecule has 1 saturated carbocycles. The maximum Gasteiger partial charge on any atom is 0.321 e. The van der Waals surface area contributed by atoms with Gasteiger partial charge in [0.05, 0.1) is 19.7 Å². The van der Waals surface area contributed by atoms with E-state index >= 15 is 0 Å². The summed E-state index contributed by atoms with van der Waals surface area (Å²) in [6, 6.07) is -0.210. The number of hydrogen-bond acceptors (Lipinski definition) is 4. The van der Waals surface area contributed by atoms with Crippen LogP contribution in [0.4, 0.5) is 4.79 Å².